The smallest absolute Gasteiger partial charge is 0.244 e. The van der Waals surface area contributed by atoms with Crippen molar-refractivity contribution in [2.24, 2.45) is 0 Å². The van der Waals surface area contributed by atoms with E-state index in [0.29, 0.717) is 6.42 Å². The number of benzene rings is 2. The minimum Gasteiger partial charge on any atom is -0.350 e. The molecule has 0 fully saturated rings. The number of amides is 2. The van der Waals surface area contributed by atoms with E-state index in [0.717, 1.165) is 16.1 Å². The lowest BCUT2D eigenvalue weighted by atomic mass is 10.1. The molecule has 0 aliphatic heterocycles. The zero-order valence-corrected chi connectivity index (χ0v) is 23.4. The Morgan fingerprint density at radius 2 is 1.57 bits per heavy atom. The zero-order chi connectivity index (χ0) is 26.6. The number of hydrogen-bond acceptors (Lipinski definition) is 4. The second kappa shape index (κ2) is 11.8. The number of carbonyl (C=O) groups excluding carboxylic acids is 2. The topological polar surface area (TPSA) is 86.8 Å². The van der Waals surface area contributed by atoms with Crippen LogP contribution in [0.3, 0.4) is 0 Å². The van der Waals surface area contributed by atoms with Crippen LogP contribution >= 0.6 is 34.8 Å². The van der Waals surface area contributed by atoms with Crippen molar-refractivity contribution in [1.29, 1.82) is 0 Å². The number of rotatable bonds is 9. The van der Waals surface area contributed by atoms with Crippen molar-refractivity contribution in [1.82, 2.24) is 10.2 Å². The molecule has 2 amide bonds. The highest BCUT2D eigenvalue weighted by molar-refractivity contribution is 7.92. The van der Waals surface area contributed by atoms with E-state index in [4.69, 9.17) is 34.8 Å². The second-order valence-corrected chi connectivity index (χ2v) is 12.3. The van der Waals surface area contributed by atoms with Crippen LogP contribution in [-0.4, -0.2) is 49.5 Å². The van der Waals surface area contributed by atoms with Crippen LogP contribution in [0.2, 0.25) is 15.1 Å². The molecular weight excluding hydrogens is 533 g/mol. The van der Waals surface area contributed by atoms with E-state index in [-0.39, 0.29) is 33.2 Å². The van der Waals surface area contributed by atoms with Crippen LogP contribution in [0.1, 0.15) is 39.7 Å². The minimum atomic E-state index is -3.95. The van der Waals surface area contributed by atoms with Crippen molar-refractivity contribution in [2.75, 3.05) is 17.1 Å². The highest BCUT2D eigenvalue weighted by Gasteiger charge is 2.33. The van der Waals surface area contributed by atoms with Gasteiger partial charge < -0.3 is 10.2 Å². The number of hydrogen-bond donors (Lipinski definition) is 1. The summed E-state index contributed by atoms with van der Waals surface area (Å²) >= 11 is 18.4. The Hall–Kier alpha value is -2.00. The number of anilines is 1. The Morgan fingerprint density at radius 1 is 1.00 bits per heavy atom. The van der Waals surface area contributed by atoms with Gasteiger partial charge in [-0.3, -0.25) is 13.9 Å². The first-order valence-corrected chi connectivity index (χ1v) is 13.9. The molecule has 192 valence electrons. The van der Waals surface area contributed by atoms with Gasteiger partial charge in [-0.15, -0.1) is 0 Å². The third-order valence-electron chi connectivity index (χ3n) is 5.02. The minimum absolute atomic E-state index is 0.0174. The SMILES string of the molecule is CC[C@@H](C(=O)NC(C)(C)C)N(Cc1ccccc1)C(=O)CN(c1cc(Cl)c(Cl)cc1Cl)S(C)(=O)=O. The van der Waals surface area contributed by atoms with E-state index in [2.05, 4.69) is 5.32 Å². The van der Waals surface area contributed by atoms with E-state index < -0.39 is 34.1 Å². The van der Waals surface area contributed by atoms with Gasteiger partial charge in [-0.2, -0.15) is 0 Å². The highest BCUT2D eigenvalue weighted by atomic mass is 35.5. The van der Waals surface area contributed by atoms with Gasteiger partial charge in [0.25, 0.3) is 0 Å². The Kier molecular flexibility index (Phi) is 9.87. The van der Waals surface area contributed by atoms with Crippen molar-refractivity contribution in [2.45, 2.75) is 52.2 Å². The van der Waals surface area contributed by atoms with Crippen LogP contribution in [0.4, 0.5) is 5.69 Å². The molecule has 2 aromatic rings. The van der Waals surface area contributed by atoms with E-state index in [9.17, 15) is 18.0 Å². The number of nitrogens with zero attached hydrogens (tertiary/aromatic N) is 2. The predicted octanol–water partition coefficient (Wildman–Crippen LogP) is 5.13. The van der Waals surface area contributed by atoms with Crippen molar-refractivity contribution in [3.63, 3.8) is 0 Å². The predicted molar refractivity (Wildman–Crippen MR) is 143 cm³/mol. The molecule has 0 aliphatic rings. The lowest BCUT2D eigenvalue weighted by Crippen LogP contribution is -2.55. The Balaban J connectivity index is 2.50. The van der Waals surface area contributed by atoms with Crippen molar-refractivity contribution >= 4 is 62.3 Å². The summed E-state index contributed by atoms with van der Waals surface area (Å²) in [6, 6.07) is 10.9. The molecule has 0 unspecified atom stereocenters. The van der Waals surface area contributed by atoms with Crippen LogP contribution in [-0.2, 0) is 26.2 Å². The number of sulfonamides is 1. The van der Waals surface area contributed by atoms with Gasteiger partial charge in [-0.25, -0.2) is 8.42 Å². The summed E-state index contributed by atoms with van der Waals surface area (Å²) < 4.78 is 26.3. The van der Waals surface area contributed by atoms with E-state index in [1.54, 1.807) is 6.92 Å². The quantitative estimate of drug-likeness (QED) is 0.429. The van der Waals surface area contributed by atoms with Gasteiger partial charge in [0.05, 0.1) is 27.0 Å². The van der Waals surface area contributed by atoms with Crippen LogP contribution in [0.5, 0.6) is 0 Å². The average molecular weight is 563 g/mol. The fourth-order valence-corrected chi connectivity index (χ4v) is 5.00. The normalized spacial score (nSPS) is 12.7. The van der Waals surface area contributed by atoms with Gasteiger partial charge in [0, 0.05) is 12.1 Å². The average Bonchev–Trinajstić information content (AvgIpc) is 2.73. The lowest BCUT2D eigenvalue weighted by Gasteiger charge is -2.34. The molecule has 0 aliphatic carbocycles. The van der Waals surface area contributed by atoms with E-state index in [1.165, 1.54) is 17.0 Å². The maximum atomic E-state index is 13.6. The van der Waals surface area contributed by atoms with Crippen molar-refractivity contribution in [3.05, 3.63) is 63.1 Å². The fourth-order valence-electron chi connectivity index (χ4n) is 3.45. The summed E-state index contributed by atoms with van der Waals surface area (Å²) in [6.07, 6.45) is 1.29. The van der Waals surface area contributed by atoms with Gasteiger partial charge in [0.15, 0.2) is 0 Å². The molecule has 1 N–H and O–H groups in total. The van der Waals surface area contributed by atoms with E-state index >= 15 is 0 Å². The first-order chi connectivity index (χ1) is 16.1. The number of nitrogens with one attached hydrogen (secondary N) is 1. The Morgan fingerprint density at radius 3 is 2.09 bits per heavy atom. The van der Waals surface area contributed by atoms with Gasteiger partial charge in [-0.1, -0.05) is 72.1 Å². The largest absolute Gasteiger partial charge is 0.350 e. The standard InChI is InChI=1S/C24H30Cl3N3O4S/c1-6-20(23(32)28-24(2,3)4)29(14-16-10-8-7-9-11-16)22(31)15-30(35(5,33)34)21-13-18(26)17(25)12-19(21)27/h7-13,20H,6,14-15H2,1-5H3,(H,28,32)/t20-/m0/s1. The van der Waals surface area contributed by atoms with Gasteiger partial charge >= 0.3 is 0 Å². The van der Waals surface area contributed by atoms with Crippen molar-refractivity contribution < 1.29 is 18.0 Å². The molecule has 0 radical (unpaired) electrons. The first kappa shape index (κ1) is 29.2. The number of carbonyl (C=O) groups is 2. The number of halogens is 3. The van der Waals surface area contributed by atoms with Crippen LogP contribution in [0.15, 0.2) is 42.5 Å². The molecular formula is C24H30Cl3N3O4S. The van der Waals surface area contributed by atoms with Gasteiger partial charge in [0.1, 0.15) is 12.6 Å². The summed E-state index contributed by atoms with van der Waals surface area (Å²) in [5.74, 6) is -0.903. The van der Waals surface area contributed by atoms with Gasteiger partial charge in [-0.05, 0) is 44.9 Å². The van der Waals surface area contributed by atoms with Crippen LogP contribution in [0, 0.1) is 0 Å². The Labute approximate surface area is 222 Å². The Bertz CT molecular complexity index is 1170. The first-order valence-electron chi connectivity index (χ1n) is 10.9. The molecule has 0 aromatic heterocycles. The summed E-state index contributed by atoms with van der Waals surface area (Å²) in [4.78, 5) is 28.2. The molecule has 11 heteroatoms. The summed E-state index contributed by atoms with van der Waals surface area (Å²) in [7, 11) is -3.95. The molecule has 0 saturated carbocycles. The maximum Gasteiger partial charge on any atom is 0.244 e. The summed E-state index contributed by atoms with van der Waals surface area (Å²) in [5, 5.41) is 3.17. The fraction of sp³-hybridized carbons (Fsp3) is 0.417. The third-order valence-corrected chi connectivity index (χ3v) is 7.17. The van der Waals surface area contributed by atoms with Crippen molar-refractivity contribution in [3.8, 4) is 0 Å². The maximum absolute atomic E-state index is 13.6. The molecule has 2 aromatic carbocycles. The molecule has 7 nitrogen and oxygen atoms in total. The molecule has 0 saturated heterocycles. The molecule has 0 spiro atoms. The highest BCUT2D eigenvalue weighted by Crippen LogP contribution is 2.35. The van der Waals surface area contributed by atoms with Crippen LogP contribution < -0.4 is 9.62 Å². The second-order valence-electron chi connectivity index (χ2n) is 9.16. The third kappa shape index (κ3) is 8.27. The molecule has 0 bridgehead atoms. The van der Waals surface area contributed by atoms with E-state index in [1.807, 2.05) is 51.1 Å². The van der Waals surface area contributed by atoms with Crippen LogP contribution in [0.25, 0.3) is 0 Å². The molecule has 35 heavy (non-hydrogen) atoms. The summed E-state index contributed by atoms with van der Waals surface area (Å²) in [6.45, 7) is 6.86. The molecule has 1 atom stereocenters. The zero-order valence-electron chi connectivity index (χ0n) is 20.3. The molecule has 0 heterocycles. The monoisotopic (exact) mass is 561 g/mol. The summed E-state index contributed by atoms with van der Waals surface area (Å²) in [5.41, 5.74) is 0.295. The van der Waals surface area contributed by atoms with Gasteiger partial charge in [0.2, 0.25) is 21.8 Å². The molecule has 2 rings (SSSR count). The lowest BCUT2D eigenvalue weighted by molar-refractivity contribution is -0.141.